The second kappa shape index (κ2) is 5.01. The quantitative estimate of drug-likeness (QED) is 0.923. The van der Waals surface area contributed by atoms with Gasteiger partial charge in [-0.3, -0.25) is 0 Å². The molecule has 0 radical (unpaired) electrons. The molecule has 0 bridgehead atoms. The first kappa shape index (κ1) is 12.3. The standard InChI is InChI=1S/C12H9ClN2O3/c1-7-4-11(15-6-14-7)18-10-3-2-8(12(16)17)5-9(10)13/h2-6H,1H3,(H,16,17). The Morgan fingerprint density at radius 1 is 1.33 bits per heavy atom. The second-order valence-corrected chi connectivity index (χ2v) is 3.96. The van der Waals surface area contributed by atoms with Gasteiger partial charge in [0.1, 0.15) is 12.1 Å². The van der Waals surface area contributed by atoms with Crippen LogP contribution >= 0.6 is 11.6 Å². The zero-order chi connectivity index (χ0) is 13.1. The number of ether oxygens (including phenoxy) is 1. The molecule has 1 aromatic carbocycles. The van der Waals surface area contributed by atoms with Gasteiger partial charge in [0.2, 0.25) is 5.88 Å². The summed E-state index contributed by atoms with van der Waals surface area (Å²) in [5, 5.41) is 9.02. The van der Waals surface area contributed by atoms with Gasteiger partial charge < -0.3 is 9.84 Å². The van der Waals surface area contributed by atoms with Crippen LogP contribution in [0.2, 0.25) is 5.02 Å². The van der Waals surface area contributed by atoms with Crippen molar-refractivity contribution in [1.82, 2.24) is 9.97 Å². The molecule has 1 N–H and O–H groups in total. The van der Waals surface area contributed by atoms with E-state index in [9.17, 15) is 4.79 Å². The van der Waals surface area contributed by atoms with E-state index in [1.807, 2.05) is 6.92 Å². The molecule has 0 unspecified atom stereocenters. The number of hydrogen-bond acceptors (Lipinski definition) is 4. The number of nitrogens with zero attached hydrogens (tertiary/aromatic N) is 2. The summed E-state index contributed by atoms with van der Waals surface area (Å²) in [5.41, 5.74) is 0.865. The Hall–Kier alpha value is -2.14. The summed E-state index contributed by atoms with van der Waals surface area (Å²) in [5.74, 6) is -0.339. The van der Waals surface area contributed by atoms with Gasteiger partial charge in [0.15, 0.2) is 0 Å². The number of aryl methyl sites for hydroxylation is 1. The second-order valence-electron chi connectivity index (χ2n) is 3.55. The van der Waals surface area contributed by atoms with Gasteiger partial charge in [-0.05, 0) is 25.1 Å². The molecule has 92 valence electrons. The average molecular weight is 265 g/mol. The van der Waals surface area contributed by atoms with Crippen molar-refractivity contribution < 1.29 is 14.6 Å². The van der Waals surface area contributed by atoms with Crippen molar-refractivity contribution in [1.29, 1.82) is 0 Å². The molecule has 0 aliphatic carbocycles. The minimum atomic E-state index is -1.04. The minimum Gasteiger partial charge on any atom is -0.478 e. The third-order valence-electron chi connectivity index (χ3n) is 2.17. The molecule has 0 saturated heterocycles. The first-order valence-electron chi connectivity index (χ1n) is 5.05. The highest BCUT2D eigenvalue weighted by Crippen LogP contribution is 2.29. The molecule has 0 atom stereocenters. The fourth-order valence-corrected chi connectivity index (χ4v) is 1.53. The van der Waals surface area contributed by atoms with Crippen molar-refractivity contribution in [3.05, 3.63) is 46.9 Å². The lowest BCUT2D eigenvalue weighted by molar-refractivity contribution is 0.0697. The van der Waals surface area contributed by atoms with Crippen LogP contribution in [-0.2, 0) is 0 Å². The summed E-state index contributed by atoms with van der Waals surface area (Å²) in [6, 6.07) is 5.88. The van der Waals surface area contributed by atoms with Gasteiger partial charge in [0, 0.05) is 11.8 Å². The zero-order valence-corrected chi connectivity index (χ0v) is 10.2. The smallest absolute Gasteiger partial charge is 0.335 e. The number of rotatable bonds is 3. The van der Waals surface area contributed by atoms with Crippen molar-refractivity contribution in [2.75, 3.05) is 0 Å². The summed E-state index contributed by atoms with van der Waals surface area (Å²) in [6.07, 6.45) is 1.38. The molecule has 0 saturated carbocycles. The number of aromatic nitrogens is 2. The van der Waals surface area contributed by atoms with Crippen LogP contribution in [0.5, 0.6) is 11.6 Å². The van der Waals surface area contributed by atoms with Crippen LogP contribution in [-0.4, -0.2) is 21.0 Å². The lowest BCUT2D eigenvalue weighted by Gasteiger charge is -2.07. The maximum atomic E-state index is 10.7. The van der Waals surface area contributed by atoms with Gasteiger partial charge in [-0.25, -0.2) is 14.8 Å². The monoisotopic (exact) mass is 264 g/mol. The van der Waals surface area contributed by atoms with Crippen LogP contribution in [0.4, 0.5) is 0 Å². The number of aromatic carboxylic acids is 1. The van der Waals surface area contributed by atoms with Crippen LogP contribution in [0.25, 0.3) is 0 Å². The number of carboxylic acids is 1. The fraction of sp³-hybridized carbons (Fsp3) is 0.0833. The first-order valence-corrected chi connectivity index (χ1v) is 5.43. The van der Waals surface area contributed by atoms with E-state index in [1.54, 1.807) is 6.07 Å². The number of carboxylic acid groups (broad SMARTS) is 1. The lowest BCUT2D eigenvalue weighted by Crippen LogP contribution is -1.97. The molecule has 0 fully saturated rings. The van der Waals surface area contributed by atoms with Crippen molar-refractivity contribution in [3.8, 4) is 11.6 Å². The fourth-order valence-electron chi connectivity index (χ4n) is 1.32. The van der Waals surface area contributed by atoms with Gasteiger partial charge >= 0.3 is 5.97 Å². The Morgan fingerprint density at radius 3 is 2.72 bits per heavy atom. The molecule has 1 heterocycles. The Morgan fingerprint density at radius 2 is 2.11 bits per heavy atom. The van der Waals surface area contributed by atoms with Crippen LogP contribution in [0, 0.1) is 6.92 Å². The van der Waals surface area contributed by atoms with E-state index in [-0.39, 0.29) is 10.6 Å². The van der Waals surface area contributed by atoms with E-state index in [4.69, 9.17) is 21.4 Å². The molecule has 6 heteroatoms. The molecule has 5 nitrogen and oxygen atoms in total. The molecule has 1 aromatic heterocycles. The molecular formula is C12H9ClN2O3. The summed E-state index contributed by atoms with van der Waals surface area (Å²) in [6.45, 7) is 1.81. The number of hydrogen-bond donors (Lipinski definition) is 1. The normalized spacial score (nSPS) is 10.1. The molecule has 0 spiro atoms. The summed E-state index contributed by atoms with van der Waals surface area (Å²) in [7, 11) is 0. The molecule has 2 rings (SSSR count). The summed E-state index contributed by atoms with van der Waals surface area (Å²) >= 11 is 5.93. The van der Waals surface area contributed by atoms with Crippen LogP contribution in [0.15, 0.2) is 30.6 Å². The van der Waals surface area contributed by atoms with Gasteiger partial charge in [-0.2, -0.15) is 0 Å². The topological polar surface area (TPSA) is 72.3 Å². The Labute approximate surface area is 108 Å². The maximum absolute atomic E-state index is 10.7. The Kier molecular flexibility index (Phi) is 3.43. The van der Waals surface area contributed by atoms with Crippen molar-refractivity contribution in [2.45, 2.75) is 6.92 Å². The maximum Gasteiger partial charge on any atom is 0.335 e. The first-order chi connectivity index (χ1) is 8.56. The van der Waals surface area contributed by atoms with Crippen LogP contribution in [0.1, 0.15) is 16.1 Å². The van der Waals surface area contributed by atoms with E-state index >= 15 is 0 Å². The summed E-state index contributed by atoms with van der Waals surface area (Å²) < 4.78 is 5.45. The third-order valence-corrected chi connectivity index (χ3v) is 2.47. The molecule has 0 aliphatic rings. The highest BCUT2D eigenvalue weighted by Gasteiger charge is 2.09. The van der Waals surface area contributed by atoms with E-state index < -0.39 is 5.97 Å². The molecular weight excluding hydrogens is 256 g/mol. The number of carbonyl (C=O) groups is 1. The predicted molar refractivity (Wildman–Crippen MR) is 65.3 cm³/mol. The van der Waals surface area contributed by atoms with E-state index in [0.29, 0.717) is 11.6 Å². The number of halogens is 1. The minimum absolute atomic E-state index is 0.103. The third kappa shape index (κ3) is 2.75. The SMILES string of the molecule is Cc1cc(Oc2ccc(C(=O)O)cc2Cl)ncn1. The van der Waals surface area contributed by atoms with Gasteiger partial charge in [0.05, 0.1) is 10.6 Å². The van der Waals surface area contributed by atoms with E-state index in [0.717, 1.165) is 5.69 Å². The van der Waals surface area contributed by atoms with Crippen molar-refractivity contribution in [3.63, 3.8) is 0 Å². The van der Waals surface area contributed by atoms with E-state index in [1.165, 1.54) is 24.5 Å². The van der Waals surface area contributed by atoms with Crippen molar-refractivity contribution in [2.24, 2.45) is 0 Å². The summed E-state index contributed by atoms with van der Waals surface area (Å²) in [4.78, 5) is 18.6. The van der Waals surface area contributed by atoms with Gasteiger partial charge in [-0.15, -0.1) is 0 Å². The largest absolute Gasteiger partial charge is 0.478 e. The van der Waals surface area contributed by atoms with Gasteiger partial charge in [0.25, 0.3) is 0 Å². The highest BCUT2D eigenvalue weighted by molar-refractivity contribution is 6.32. The van der Waals surface area contributed by atoms with Crippen molar-refractivity contribution >= 4 is 17.6 Å². The Balaban J connectivity index is 2.27. The molecule has 0 aliphatic heterocycles. The van der Waals surface area contributed by atoms with Gasteiger partial charge in [-0.1, -0.05) is 11.6 Å². The average Bonchev–Trinajstić information content (AvgIpc) is 2.31. The molecule has 0 amide bonds. The number of benzene rings is 1. The zero-order valence-electron chi connectivity index (χ0n) is 9.42. The van der Waals surface area contributed by atoms with Crippen LogP contribution < -0.4 is 4.74 Å². The highest BCUT2D eigenvalue weighted by atomic mass is 35.5. The lowest BCUT2D eigenvalue weighted by atomic mass is 10.2. The molecule has 18 heavy (non-hydrogen) atoms. The Bertz CT molecular complexity index is 602. The van der Waals surface area contributed by atoms with Crippen LogP contribution in [0.3, 0.4) is 0 Å². The molecule has 2 aromatic rings. The van der Waals surface area contributed by atoms with E-state index in [2.05, 4.69) is 9.97 Å². The predicted octanol–water partition coefficient (Wildman–Crippen LogP) is 2.93.